The van der Waals surface area contributed by atoms with Crippen LogP contribution < -0.4 is 10.1 Å². The van der Waals surface area contributed by atoms with Crippen molar-refractivity contribution < 1.29 is 31.9 Å². The number of rotatable bonds is 7. The highest BCUT2D eigenvalue weighted by molar-refractivity contribution is 7.89. The zero-order chi connectivity index (χ0) is 24.0. The smallest absolute Gasteiger partial charge is 0.409 e. The average molecular weight is 480 g/mol. The lowest BCUT2D eigenvalue weighted by atomic mass is 10.2. The molecule has 0 aromatic heterocycles. The molecule has 0 atom stereocenters. The zero-order valence-electron chi connectivity index (χ0n) is 18.4. The lowest BCUT2D eigenvalue weighted by Gasteiger charge is -2.33. The first kappa shape index (κ1) is 24.5. The minimum absolute atomic E-state index is 0.0561. The Hall–Kier alpha value is -3.18. The molecule has 11 heteroatoms. The van der Waals surface area contributed by atoms with Crippen molar-refractivity contribution in [2.45, 2.75) is 18.7 Å². The fraction of sp³-hybridized carbons (Fsp3) is 0.364. The van der Waals surface area contributed by atoms with Crippen LogP contribution in [0.3, 0.4) is 0 Å². The molecule has 2 amide bonds. The van der Waals surface area contributed by atoms with Gasteiger partial charge in [-0.25, -0.2) is 17.6 Å². The number of ether oxygens (including phenoxy) is 2. The van der Waals surface area contributed by atoms with Crippen molar-refractivity contribution in [3.8, 4) is 5.75 Å². The first-order valence-electron chi connectivity index (χ1n) is 10.5. The van der Waals surface area contributed by atoms with Gasteiger partial charge in [-0.3, -0.25) is 4.79 Å². The Morgan fingerprint density at radius 2 is 1.73 bits per heavy atom. The lowest BCUT2D eigenvalue weighted by molar-refractivity contribution is 0.0933. The van der Waals surface area contributed by atoms with Gasteiger partial charge in [0.25, 0.3) is 5.91 Å². The van der Waals surface area contributed by atoms with Crippen LogP contribution in [-0.2, 0) is 14.8 Å². The SMILES string of the molecule is CCOC(=O)N1CCN(S(=O)(=O)c2ccc(OCC)c(NC(=O)c3ccccc3F)c2)CC1. The minimum atomic E-state index is -3.91. The Bertz CT molecular complexity index is 1120. The van der Waals surface area contributed by atoms with Crippen molar-refractivity contribution in [2.75, 3.05) is 44.7 Å². The molecule has 9 nitrogen and oxygen atoms in total. The van der Waals surface area contributed by atoms with Crippen molar-refractivity contribution in [3.05, 3.63) is 53.8 Å². The number of sulfonamides is 1. The van der Waals surface area contributed by atoms with Gasteiger partial charge in [0.1, 0.15) is 11.6 Å². The predicted molar refractivity (Wildman–Crippen MR) is 119 cm³/mol. The molecule has 1 aliphatic heterocycles. The molecule has 33 heavy (non-hydrogen) atoms. The molecule has 2 aromatic carbocycles. The summed E-state index contributed by atoms with van der Waals surface area (Å²) < 4.78 is 52.1. The molecule has 0 aliphatic carbocycles. The van der Waals surface area contributed by atoms with Crippen LogP contribution in [-0.4, -0.2) is 69.0 Å². The molecule has 1 heterocycles. The van der Waals surface area contributed by atoms with Gasteiger partial charge in [-0.2, -0.15) is 4.31 Å². The van der Waals surface area contributed by atoms with E-state index in [0.29, 0.717) is 0 Å². The Morgan fingerprint density at radius 3 is 2.36 bits per heavy atom. The largest absolute Gasteiger partial charge is 0.492 e. The van der Waals surface area contributed by atoms with E-state index in [1.165, 1.54) is 45.6 Å². The van der Waals surface area contributed by atoms with Crippen molar-refractivity contribution in [3.63, 3.8) is 0 Å². The summed E-state index contributed by atoms with van der Waals surface area (Å²) in [4.78, 5) is 25.9. The Balaban J connectivity index is 1.82. The van der Waals surface area contributed by atoms with Crippen LogP contribution in [0.1, 0.15) is 24.2 Å². The predicted octanol–water partition coefficient (Wildman–Crippen LogP) is 2.94. The van der Waals surface area contributed by atoms with Gasteiger partial charge >= 0.3 is 6.09 Å². The van der Waals surface area contributed by atoms with Crippen LogP contribution in [0.25, 0.3) is 0 Å². The molecular weight excluding hydrogens is 453 g/mol. The molecule has 1 saturated heterocycles. The molecule has 1 fully saturated rings. The van der Waals surface area contributed by atoms with Gasteiger partial charge in [0.15, 0.2) is 0 Å². The Kier molecular flexibility index (Phi) is 7.88. The fourth-order valence-electron chi connectivity index (χ4n) is 3.36. The zero-order valence-corrected chi connectivity index (χ0v) is 19.2. The van der Waals surface area contributed by atoms with Crippen LogP contribution in [0.4, 0.5) is 14.9 Å². The number of hydrogen-bond donors (Lipinski definition) is 1. The molecule has 0 unspecified atom stereocenters. The summed E-state index contributed by atoms with van der Waals surface area (Å²) in [6, 6.07) is 9.60. The highest BCUT2D eigenvalue weighted by atomic mass is 32.2. The fourth-order valence-corrected chi connectivity index (χ4v) is 4.81. The Labute approximate surface area is 192 Å². The molecule has 0 spiro atoms. The molecule has 1 N–H and O–H groups in total. The van der Waals surface area contributed by atoms with Gasteiger partial charge in [0, 0.05) is 26.2 Å². The van der Waals surface area contributed by atoms with E-state index in [1.54, 1.807) is 13.8 Å². The average Bonchev–Trinajstić information content (AvgIpc) is 2.80. The molecule has 0 radical (unpaired) electrons. The number of carbonyl (C=O) groups excluding carboxylic acids is 2. The summed E-state index contributed by atoms with van der Waals surface area (Å²) in [5.41, 5.74) is -0.0698. The van der Waals surface area contributed by atoms with Crippen molar-refractivity contribution in [1.29, 1.82) is 0 Å². The number of carbonyl (C=O) groups is 2. The number of halogens is 1. The van der Waals surface area contributed by atoms with E-state index in [-0.39, 0.29) is 61.3 Å². The lowest BCUT2D eigenvalue weighted by Crippen LogP contribution is -2.50. The van der Waals surface area contributed by atoms with Crippen LogP contribution in [0.15, 0.2) is 47.4 Å². The molecule has 178 valence electrons. The number of anilines is 1. The highest BCUT2D eigenvalue weighted by Gasteiger charge is 2.31. The van der Waals surface area contributed by atoms with Crippen molar-refractivity contribution in [1.82, 2.24) is 9.21 Å². The normalized spacial score (nSPS) is 14.6. The number of nitrogens with zero attached hydrogens (tertiary/aromatic N) is 2. The van der Waals surface area contributed by atoms with Crippen LogP contribution in [0.2, 0.25) is 0 Å². The standard InChI is InChI=1S/C22H26FN3O6S/c1-3-31-20-10-9-16(15-19(20)24-21(27)17-7-5-6-8-18(17)23)33(29,30)26-13-11-25(12-14-26)22(28)32-4-2/h5-10,15H,3-4,11-14H2,1-2H3,(H,24,27). The maximum absolute atomic E-state index is 14.0. The van der Waals surface area contributed by atoms with Crippen molar-refractivity contribution >= 4 is 27.7 Å². The second kappa shape index (κ2) is 10.6. The maximum Gasteiger partial charge on any atom is 0.409 e. The van der Waals surface area contributed by atoms with E-state index >= 15 is 0 Å². The van der Waals surface area contributed by atoms with E-state index in [0.717, 1.165) is 6.07 Å². The maximum atomic E-state index is 14.0. The number of hydrogen-bond acceptors (Lipinski definition) is 6. The first-order valence-corrected chi connectivity index (χ1v) is 12.0. The van der Waals surface area contributed by atoms with Crippen molar-refractivity contribution in [2.24, 2.45) is 0 Å². The van der Waals surface area contributed by atoms with Gasteiger partial charge in [-0.1, -0.05) is 12.1 Å². The van der Waals surface area contributed by atoms with E-state index in [9.17, 15) is 22.4 Å². The van der Waals surface area contributed by atoms with E-state index < -0.39 is 27.8 Å². The second-order valence-corrected chi connectivity index (χ2v) is 9.05. The van der Waals surface area contributed by atoms with Crippen LogP contribution in [0, 0.1) is 5.82 Å². The topological polar surface area (TPSA) is 105 Å². The van der Waals surface area contributed by atoms with Gasteiger partial charge < -0.3 is 19.7 Å². The number of amides is 2. The quantitative estimate of drug-likeness (QED) is 0.655. The molecule has 2 aromatic rings. The third-order valence-corrected chi connectivity index (χ3v) is 6.91. The van der Waals surface area contributed by atoms with Crippen LogP contribution in [0.5, 0.6) is 5.75 Å². The molecule has 0 saturated carbocycles. The van der Waals surface area contributed by atoms with E-state index in [4.69, 9.17) is 9.47 Å². The Morgan fingerprint density at radius 1 is 1.03 bits per heavy atom. The minimum Gasteiger partial charge on any atom is -0.492 e. The second-order valence-electron chi connectivity index (χ2n) is 7.12. The summed E-state index contributed by atoms with van der Waals surface area (Å²) in [6.45, 7) is 4.58. The molecule has 0 bridgehead atoms. The van der Waals surface area contributed by atoms with Gasteiger partial charge in [-0.15, -0.1) is 0 Å². The van der Waals surface area contributed by atoms with Gasteiger partial charge in [-0.05, 0) is 44.2 Å². The molecular formula is C22H26FN3O6S. The monoisotopic (exact) mass is 479 g/mol. The number of piperazine rings is 1. The van der Waals surface area contributed by atoms with Gasteiger partial charge in [0.05, 0.1) is 29.4 Å². The third kappa shape index (κ3) is 5.60. The van der Waals surface area contributed by atoms with Gasteiger partial charge in [0.2, 0.25) is 10.0 Å². The van der Waals surface area contributed by atoms with E-state index in [2.05, 4.69) is 5.32 Å². The number of benzene rings is 2. The molecule has 3 rings (SSSR count). The highest BCUT2D eigenvalue weighted by Crippen LogP contribution is 2.30. The first-order chi connectivity index (χ1) is 15.8. The number of nitrogens with one attached hydrogen (secondary N) is 1. The summed E-state index contributed by atoms with van der Waals surface area (Å²) in [5, 5.41) is 2.55. The van der Waals surface area contributed by atoms with Crippen LogP contribution >= 0.6 is 0 Å². The van der Waals surface area contributed by atoms with E-state index in [1.807, 2.05) is 0 Å². The summed E-state index contributed by atoms with van der Waals surface area (Å²) in [7, 11) is -3.91. The summed E-state index contributed by atoms with van der Waals surface area (Å²) in [5.74, 6) is -1.17. The molecule has 1 aliphatic rings. The summed E-state index contributed by atoms with van der Waals surface area (Å²) in [6.07, 6.45) is -0.478. The third-order valence-electron chi connectivity index (χ3n) is 5.02. The summed E-state index contributed by atoms with van der Waals surface area (Å²) >= 11 is 0.